The number of aromatic nitrogens is 2. The van der Waals surface area contributed by atoms with Crippen LogP contribution < -0.4 is 0 Å². The van der Waals surface area contributed by atoms with Gasteiger partial charge in [0, 0.05) is 34.1 Å². The number of hydrogen-bond donors (Lipinski definition) is 1. The van der Waals surface area contributed by atoms with E-state index in [0.717, 1.165) is 38.7 Å². The Hall–Kier alpha value is -4.64. The van der Waals surface area contributed by atoms with Gasteiger partial charge in [0.1, 0.15) is 17.0 Å². The number of nitrogens with zero attached hydrogens (tertiary/aromatic N) is 3. The highest BCUT2D eigenvalue weighted by Crippen LogP contribution is 2.33. The molecule has 0 bridgehead atoms. The highest BCUT2D eigenvalue weighted by Gasteiger charge is 2.15. The summed E-state index contributed by atoms with van der Waals surface area (Å²) in [5.41, 5.74) is 4.07. The minimum atomic E-state index is 0.240. The predicted octanol–water partition coefficient (Wildman–Crippen LogP) is 6.89. The Morgan fingerprint density at radius 3 is 2.48 bits per heavy atom. The van der Waals surface area contributed by atoms with Crippen molar-refractivity contribution >= 4 is 33.6 Å². The second-order valence-corrected chi connectivity index (χ2v) is 7.77. The first-order valence-electron chi connectivity index (χ1n) is 10.6. The van der Waals surface area contributed by atoms with E-state index in [9.17, 15) is 5.11 Å². The molecule has 6 rings (SSSR count). The number of hydrogen-bond acceptors (Lipinski definition) is 4. The van der Waals surface area contributed by atoms with E-state index in [-0.39, 0.29) is 5.75 Å². The summed E-state index contributed by atoms with van der Waals surface area (Å²) < 4.78 is 7.94. The SMILES string of the molecule is Oc1cccc2c(N=Cc3cn(-c4ccccc4)nc3-c3cc4ccccc4o3)cccc12. The molecule has 6 aromatic rings. The van der Waals surface area contributed by atoms with Gasteiger partial charge in [-0.15, -0.1) is 0 Å². The smallest absolute Gasteiger partial charge is 0.156 e. The maximum atomic E-state index is 10.2. The van der Waals surface area contributed by atoms with Crippen LogP contribution in [0.4, 0.5) is 5.69 Å². The molecule has 0 aliphatic rings. The third-order valence-corrected chi connectivity index (χ3v) is 5.64. The van der Waals surface area contributed by atoms with Crippen LogP contribution in [-0.4, -0.2) is 21.1 Å². The summed E-state index contributed by atoms with van der Waals surface area (Å²) in [6.07, 6.45) is 3.75. The Bertz CT molecular complexity index is 1590. The maximum absolute atomic E-state index is 10.2. The van der Waals surface area contributed by atoms with Gasteiger partial charge >= 0.3 is 0 Å². The van der Waals surface area contributed by atoms with E-state index in [0.29, 0.717) is 11.5 Å². The van der Waals surface area contributed by atoms with E-state index in [4.69, 9.17) is 14.5 Å². The van der Waals surface area contributed by atoms with Gasteiger partial charge in [-0.25, -0.2) is 4.68 Å². The standard InChI is InChI=1S/C28H19N3O2/c32-25-14-7-11-22-23(25)12-6-13-24(22)29-17-20-18-31(21-9-2-1-3-10-21)30-28(20)27-16-19-8-4-5-15-26(19)33-27/h1-18,32H. The predicted molar refractivity (Wildman–Crippen MR) is 132 cm³/mol. The van der Waals surface area contributed by atoms with Crippen LogP contribution in [0, 0.1) is 0 Å². The molecule has 2 heterocycles. The number of rotatable bonds is 4. The van der Waals surface area contributed by atoms with Crippen LogP contribution in [0.2, 0.25) is 0 Å². The first-order chi connectivity index (χ1) is 16.3. The molecule has 5 heteroatoms. The minimum Gasteiger partial charge on any atom is -0.507 e. The van der Waals surface area contributed by atoms with Gasteiger partial charge in [0.05, 0.1) is 11.4 Å². The molecule has 0 saturated carbocycles. The van der Waals surface area contributed by atoms with Crippen LogP contribution >= 0.6 is 0 Å². The van der Waals surface area contributed by atoms with Crippen molar-refractivity contribution < 1.29 is 9.52 Å². The normalized spacial score (nSPS) is 11.6. The highest BCUT2D eigenvalue weighted by molar-refractivity contribution is 5.99. The van der Waals surface area contributed by atoms with Crippen molar-refractivity contribution in [3.05, 3.63) is 109 Å². The number of fused-ring (bicyclic) bond motifs is 2. The van der Waals surface area contributed by atoms with Crippen LogP contribution in [0.15, 0.2) is 113 Å². The zero-order valence-electron chi connectivity index (χ0n) is 17.6. The van der Waals surface area contributed by atoms with E-state index in [1.165, 1.54) is 0 Å². The van der Waals surface area contributed by atoms with Gasteiger partial charge < -0.3 is 9.52 Å². The molecule has 0 radical (unpaired) electrons. The molecule has 0 aliphatic carbocycles. The molecule has 1 N–H and O–H groups in total. The van der Waals surface area contributed by atoms with Crippen LogP contribution in [0.25, 0.3) is 38.9 Å². The molecule has 33 heavy (non-hydrogen) atoms. The Morgan fingerprint density at radius 1 is 0.818 bits per heavy atom. The van der Waals surface area contributed by atoms with E-state index in [1.807, 2.05) is 102 Å². The van der Waals surface area contributed by atoms with Crippen LogP contribution in [0.3, 0.4) is 0 Å². The largest absolute Gasteiger partial charge is 0.507 e. The molecule has 0 spiro atoms. The molecule has 0 fully saturated rings. The first-order valence-corrected chi connectivity index (χ1v) is 10.6. The van der Waals surface area contributed by atoms with Gasteiger partial charge in [0.15, 0.2) is 5.76 Å². The number of benzene rings is 4. The van der Waals surface area contributed by atoms with Crippen LogP contribution in [0.1, 0.15) is 5.56 Å². The average molecular weight is 429 g/mol. The fourth-order valence-electron chi connectivity index (χ4n) is 4.01. The molecule has 0 saturated heterocycles. The first kappa shape index (κ1) is 19.1. The van der Waals surface area contributed by atoms with Gasteiger partial charge in [0.2, 0.25) is 0 Å². The second-order valence-electron chi connectivity index (χ2n) is 7.77. The van der Waals surface area contributed by atoms with Crippen molar-refractivity contribution in [2.24, 2.45) is 4.99 Å². The molecular weight excluding hydrogens is 410 g/mol. The molecule has 4 aromatic carbocycles. The topological polar surface area (TPSA) is 63.6 Å². The van der Waals surface area contributed by atoms with Gasteiger partial charge in [0.25, 0.3) is 0 Å². The van der Waals surface area contributed by atoms with Gasteiger partial charge in [-0.05, 0) is 36.4 Å². The lowest BCUT2D eigenvalue weighted by molar-refractivity contribution is 0.481. The zero-order valence-corrected chi connectivity index (χ0v) is 17.6. The number of phenols is 1. The molecule has 158 valence electrons. The molecule has 5 nitrogen and oxygen atoms in total. The second kappa shape index (κ2) is 7.80. The number of phenolic OH excluding ortho intramolecular Hbond substituents is 1. The lowest BCUT2D eigenvalue weighted by atomic mass is 10.1. The lowest BCUT2D eigenvalue weighted by Crippen LogP contribution is -1.93. The van der Waals surface area contributed by atoms with E-state index in [1.54, 1.807) is 12.3 Å². The van der Waals surface area contributed by atoms with E-state index in [2.05, 4.69) is 0 Å². The van der Waals surface area contributed by atoms with E-state index < -0.39 is 0 Å². The highest BCUT2D eigenvalue weighted by atomic mass is 16.3. The van der Waals surface area contributed by atoms with Crippen molar-refractivity contribution in [3.63, 3.8) is 0 Å². The van der Waals surface area contributed by atoms with Crippen molar-refractivity contribution in [1.82, 2.24) is 9.78 Å². The fourth-order valence-corrected chi connectivity index (χ4v) is 4.01. The maximum Gasteiger partial charge on any atom is 0.156 e. The average Bonchev–Trinajstić information content (AvgIpc) is 3.48. The molecule has 0 atom stereocenters. The van der Waals surface area contributed by atoms with Crippen molar-refractivity contribution in [2.45, 2.75) is 0 Å². The third-order valence-electron chi connectivity index (χ3n) is 5.64. The van der Waals surface area contributed by atoms with E-state index >= 15 is 0 Å². The molecule has 0 amide bonds. The Labute approximate surface area is 189 Å². The Kier molecular flexibility index (Phi) is 4.51. The summed E-state index contributed by atoms with van der Waals surface area (Å²) in [6, 6.07) is 31.0. The summed E-state index contributed by atoms with van der Waals surface area (Å²) in [6.45, 7) is 0. The Balaban J connectivity index is 1.49. The summed E-state index contributed by atoms with van der Waals surface area (Å²) in [4.78, 5) is 4.76. The quantitative estimate of drug-likeness (QED) is 0.310. The minimum absolute atomic E-state index is 0.240. The lowest BCUT2D eigenvalue weighted by Gasteiger charge is -2.03. The third kappa shape index (κ3) is 3.46. The number of aromatic hydroxyl groups is 1. The summed E-state index contributed by atoms with van der Waals surface area (Å²) in [7, 11) is 0. The number of para-hydroxylation sites is 2. The van der Waals surface area contributed by atoms with Crippen molar-refractivity contribution in [3.8, 4) is 22.9 Å². The Morgan fingerprint density at radius 2 is 1.61 bits per heavy atom. The fraction of sp³-hybridized carbons (Fsp3) is 0. The van der Waals surface area contributed by atoms with Gasteiger partial charge in [-0.2, -0.15) is 5.10 Å². The van der Waals surface area contributed by atoms with Crippen LogP contribution in [-0.2, 0) is 0 Å². The number of furan rings is 1. The van der Waals surface area contributed by atoms with Crippen molar-refractivity contribution in [2.75, 3.05) is 0 Å². The zero-order chi connectivity index (χ0) is 22.2. The molecule has 2 aromatic heterocycles. The van der Waals surface area contributed by atoms with Gasteiger partial charge in [-0.3, -0.25) is 4.99 Å². The molecular formula is C28H19N3O2. The summed E-state index contributed by atoms with van der Waals surface area (Å²) >= 11 is 0. The van der Waals surface area contributed by atoms with Crippen molar-refractivity contribution in [1.29, 1.82) is 0 Å². The monoisotopic (exact) mass is 429 g/mol. The number of aliphatic imine (C=N–C) groups is 1. The van der Waals surface area contributed by atoms with Gasteiger partial charge in [-0.1, -0.05) is 60.7 Å². The van der Waals surface area contributed by atoms with Crippen LogP contribution in [0.5, 0.6) is 5.75 Å². The molecule has 0 aliphatic heterocycles. The summed E-state index contributed by atoms with van der Waals surface area (Å²) in [5, 5.41) is 17.7. The summed E-state index contributed by atoms with van der Waals surface area (Å²) in [5.74, 6) is 0.923. The molecule has 0 unspecified atom stereocenters.